The van der Waals surface area contributed by atoms with Gasteiger partial charge in [-0.05, 0) is 43.8 Å². The van der Waals surface area contributed by atoms with E-state index in [0.29, 0.717) is 11.5 Å². The minimum absolute atomic E-state index is 0.502. The summed E-state index contributed by atoms with van der Waals surface area (Å²) in [7, 11) is 2.12. The molecule has 0 aromatic heterocycles. The second-order valence-electron chi connectivity index (χ2n) is 5.88. The fourth-order valence-electron chi connectivity index (χ4n) is 3.58. The summed E-state index contributed by atoms with van der Waals surface area (Å²) < 4.78 is 0. The molecule has 2 rings (SSSR count). The molecule has 1 N–H and O–H groups in total. The van der Waals surface area contributed by atoms with Gasteiger partial charge < -0.3 is 5.32 Å². The predicted molar refractivity (Wildman–Crippen MR) is 82.2 cm³/mol. The van der Waals surface area contributed by atoms with E-state index >= 15 is 0 Å². The molecule has 1 fully saturated rings. The summed E-state index contributed by atoms with van der Waals surface area (Å²) in [6.07, 6.45) is 3.89. The van der Waals surface area contributed by atoms with Crippen LogP contribution in [0.2, 0.25) is 0 Å². The van der Waals surface area contributed by atoms with Crippen LogP contribution >= 0.6 is 0 Å². The SMILES string of the molecule is CCC1(CC)CCN(Cc2ccccc2)CC1NC. The van der Waals surface area contributed by atoms with E-state index in [4.69, 9.17) is 0 Å². The molecule has 0 saturated carbocycles. The van der Waals surface area contributed by atoms with Crippen LogP contribution in [0.4, 0.5) is 0 Å². The van der Waals surface area contributed by atoms with Gasteiger partial charge in [-0.2, -0.15) is 0 Å². The van der Waals surface area contributed by atoms with Gasteiger partial charge >= 0.3 is 0 Å². The van der Waals surface area contributed by atoms with Gasteiger partial charge in [-0.25, -0.2) is 0 Å². The number of likely N-dealkylation sites (N-methyl/N-ethyl adjacent to an activating group) is 1. The van der Waals surface area contributed by atoms with E-state index in [1.807, 2.05) is 0 Å². The zero-order chi connectivity index (χ0) is 13.7. The Hall–Kier alpha value is -0.860. The normalized spacial score (nSPS) is 23.4. The van der Waals surface area contributed by atoms with Crippen LogP contribution in [0.5, 0.6) is 0 Å². The molecule has 19 heavy (non-hydrogen) atoms. The van der Waals surface area contributed by atoms with Crippen molar-refractivity contribution < 1.29 is 0 Å². The molecule has 0 spiro atoms. The molecule has 0 radical (unpaired) electrons. The Kier molecular flexibility index (Phi) is 5.00. The topological polar surface area (TPSA) is 15.3 Å². The average Bonchev–Trinajstić information content (AvgIpc) is 2.48. The number of benzene rings is 1. The van der Waals surface area contributed by atoms with Crippen LogP contribution < -0.4 is 5.32 Å². The minimum Gasteiger partial charge on any atom is -0.315 e. The van der Waals surface area contributed by atoms with Gasteiger partial charge in [0.1, 0.15) is 0 Å². The largest absolute Gasteiger partial charge is 0.315 e. The Bertz CT molecular complexity index is 370. The zero-order valence-corrected chi connectivity index (χ0v) is 12.7. The molecular weight excluding hydrogens is 232 g/mol. The maximum absolute atomic E-state index is 3.57. The van der Waals surface area contributed by atoms with E-state index in [2.05, 4.69) is 61.4 Å². The zero-order valence-electron chi connectivity index (χ0n) is 12.7. The van der Waals surface area contributed by atoms with Crippen LogP contribution in [0.3, 0.4) is 0 Å². The number of piperidine rings is 1. The van der Waals surface area contributed by atoms with Gasteiger partial charge in [0.05, 0.1) is 0 Å². The second kappa shape index (κ2) is 6.53. The van der Waals surface area contributed by atoms with Gasteiger partial charge in [0.15, 0.2) is 0 Å². The quantitative estimate of drug-likeness (QED) is 0.874. The lowest BCUT2D eigenvalue weighted by Crippen LogP contribution is -2.55. The Morgan fingerprint density at radius 3 is 2.47 bits per heavy atom. The van der Waals surface area contributed by atoms with Crippen molar-refractivity contribution in [2.24, 2.45) is 5.41 Å². The molecule has 2 nitrogen and oxygen atoms in total. The van der Waals surface area contributed by atoms with Gasteiger partial charge in [-0.1, -0.05) is 44.2 Å². The second-order valence-corrected chi connectivity index (χ2v) is 5.88. The summed E-state index contributed by atoms with van der Waals surface area (Å²) in [5.41, 5.74) is 1.93. The molecule has 0 amide bonds. The molecule has 1 unspecified atom stereocenters. The van der Waals surface area contributed by atoms with Crippen LogP contribution in [-0.4, -0.2) is 31.1 Å². The van der Waals surface area contributed by atoms with E-state index in [1.54, 1.807) is 0 Å². The van der Waals surface area contributed by atoms with Crippen LogP contribution in [0.15, 0.2) is 30.3 Å². The number of likely N-dealkylation sites (tertiary alicyclic amines) is 1. The van der Waals surface area contributed by atoms with Crippen molar-refractivity contribution in [3.63, 3.8) is 0 Å². The van der Waals surface area contributed by atoms with Crippen molar-refractivity contribution in [3.8, 4) is 0 Å². The van der Waals surface area contributed by atoms with Gasteiger partial charge in [0.2, 0.25) is 0 Å². The van der Waals surface area contributed by atoms with Crippen LogP contribution in [0.1, 0.15) is 38.7 Å². The lowest BCUT2D eigenvalue weighted by molar-refractivity contribution is 0.0507. The summed E-state index contributed by atoms with van der Waals surface area (Å²) in [5, 5.41) is 3.57. The third-order valence-electron chi connectivity index (χ3n) is 5.11. The smallest absolute Gasteiger partial charge is 0.0248 e. The predicted octanol–water partition coefficient (Wildman–Crippen LogP) is 3.29. The van der Waals surface area contributed by atoms with Gasteiger partial charge in [0, 0.05) is 19.1 Å². The summed E-state index contributed by atoms with van der Waals surface area (Å²) in [6.45, 7) is 8.19. The molecule has 1 heterocycles. The van der Waals surface area contributed by atoms with Crippen molar-refractivity contribution >= 4 is 0 Å². The Labute approximate surface area is 118 Å². The summed E-state index contributed by atoms with van der Waals surface area (Å²) >= 11 is 0. The lowest BCUT2D eigenvalue weighted by atomic mass is 9.70. The van der Waals surface area contributed by atoms with Crippen LogP contribution in [0.25, 0.3) is 0 Å². The van der Waals surface area contributed by atoms with Crippen molar-refractivity contribution in [2.75, 3.05) is 20.1 Å². The Balaban J connectivity index is 2.01. The summed E-state index contributed by atoms with van der Waals surface area (Å²) in [4.78, 5) is 2.60. The van der Waals surface area contributed by atoms with Crippen molar-refractivity contribution in [3.05, 3.63) is 35.9 Å². The first kappa shape index (κ1) is 14.5. The van der Waals surface area contributed by atoms with Crippen molar-refractivity contribution in [1.82, 2.24) is 10.2 Å². The molecule has 1 aromatic rings. The average molecular weight is 260 g/mol. The minimum atomic E-state index is 0.502. The van der Waals surface area contributed by atoms with Gasteiger partial charge in [-0.3, -0.25) is 4.90 Å². The summed E-state index contributed by atoms with van der Waals surface area (Å²) in [5.74, 6) is 0. The molecule has 1 aliphatic rings. The van der Waals surface area contributed by atoms with E-state index in [0.717, 1.165) is 6.54 Å². The first-order chi connectivity index (χ1) is 9.24. The highest BCUT2D eigenvalue weighted by molar-refractivity contribution is 5.14. The van der Waals surface area contributed by atoms with Gasteiger partial charge in [0.25, 0.3) is 0 Å². The molecule has 2 heteroatoms. The highest BCUT2D eigenvalue weighted by Crippen LogP contribution is 2.38. The molecule has 1 saturated heterocycles. The molecule has 0 aliphatic carbocycles. The third-order valence-corrected chi connectivity index (χ3v) is 5.11. The van der Waals surface area contributed by atoms with Crippen LogP contribution in [-0.2, 0) is 6.54 Å². The Morgan fingerprint density at radius 2 is 1.89 bits per heavy atom. The molecule has 1 aliphatic heterocycles. The van der Waals surface area contributed by atoms with Gasteiger partial charge in [-0.15, -0.1) is 0 Å². The fourth-order valence-corrected chi connectivity index (χ4v) is 3.58. The van der Waals surface area contributed by atoms with Crippen molar-refractivity contribution in [2.45, 2.75) is 45.7 Å². The molecule has 1 aromatic carbocycles. The number of hydrogen-bond acceptors (Lipinski definition) is 2. The Morgan fingerprint density at radius 1 is 1.21 bits per heavy atom. The monoisotopic (exact) mass is 260 g/mol. The lowest BCUT2D eigenvalue weighted by Gasteiger charge is -2.47. The first-order valence-corrected chi connectivity index (χ1v) is 7.67. The molecule has 106 valence electrons. The third kappa shape index (κ3) is 3.18. The number of nitrogens with one attached hydrogen (secondary N) is 1. The number of rotatable bonds is 5. The standard InChI is InChI=1S/C17H28N2/c1-4-17(5-2)11-12-19(14-16(17)18-3)13-15-9-7-6-8-10-15/h6-10,16,18H,4-5,11-14H2,1-3H3. The summed E-state index contributed by atoms with van der Waals surface area (Å²) in [6, 6.07) is 11.5. The van der Waals surface area contributed by atoms with E-state index in [-0.39, 0.29) is 0 Å². The number of hydrogen-bond donors (Lipinski definition) is 1. The maximum atomic E-state index is 3.57. The molecule has 1 atom stereocenters. The molecular formula is C17H28N2. The van der Waals surface area contributed by atoms with E-state index in [1.165, 1.54) is 37.9 Å². The van der Waals surface area contributed by atoms with E-state index < -0.39 is 0 Å². The highest BCUT2D eigenvalue weighted by Gasteiger charge is 2.39. The highest BCUT2D eigenvalue weighted by atomic mass is 15.2. The van der Waals surface area contributed by atoms with E-state index in [9.17, 15) is 0 Å². The maximum Gasteiger partial charge on any atom is 0.0248 e. The van der Waals surface area contributed by atoms with Crippen LogP contribution in [0, 0.1) is 5.41 Å². The van der Waals surface area contributed by atoms with Crippen molar-refractivity contribution in [1.29, 1.82) is 0 Å². The number of nitrogens with zero attached hydrogens (tertiary/aromatic N) is 1. The molecule has 0 bridgehead atoms. The first-order valence-electron chi connectivity index (χ1n) is 7.67. The fraction of sp³-hybridized carbons (Fsp3) is 0.647.